The van der Waals surface area contributed by atoms with Crippen molar-refractivity contribution in [2.75, 3.05) is 5.32 Å². The van der Waals surface area contributed by atoms with Crippen molar-refractivity contribution in [3.63, 3.8) is 0 Å². The summed E-state index contributed by atoms with van der Waals surface area (Å²) in [6, 6.07) is 9.41. The van der Waals surface area contributed by atoms with E-state index < -0.39 is 17.7 Å². The molecule has 0 atom stereocenters. The summed E-state index contributed by atoms with van der Waals surface area (Å²) in [4.78, 5) is 35.2. The lowest BCUT2D eigenvalue weighted by atomic mass is 10.1. The maximum atomic E-state index is 12.0. The van der Waals surface area contributed by atoms with Crippen LogP contribution in [-0.4, -0.2) is 17.7 Å². The highest BCUT2D eigenvalue weighted by Gasteiger charge is 2.16. The van der Waals surface area contributed by atoms with Crippen molar-refractivity contribution >= 4 is 46.6 Å². The Hall–Kier alpha value is -2.57. The van der Waals surface area contributed by atoms with E-state index in [1.54, 1.807) is 31.2 Å². The SMILES string of the molecule is Cc1ccc(C(N)=O)cc1NC(=O)C(=O)NCc1ccc(Cl)cc1Cl. The number of primary amides is 1. The van der Waals surface area contributed by atoms with E-state index in [0.717, 1.165) is 0 Å². The van der Waals surface area contributed by atoms with Crippen LogP contribution in [0, 0.1) is 6.92 Å². The van der Waals surface area contributed by atoms with Gasteiger partial charge in [-0.05, 0) is 42.3 Å². The third-order valence-electron chi connectivity index (χ3n) is 3.43. The zero-order valence-corrected chi connectivity index (χ0v) is 14.7. The van der Waals surface area contributed by atoms with Gasteiger partial charge in [0.15, 0.2) is 0 Å². The van der Waals surface area contributed by atoms with Gasteiger partial charge in [-0.1, -0.05) is 35.3 Å². The van der Waals surface area contributed by atoms with Crippen LogP contribution in [0.2, 0.25) is 10.0 Å². The molecule has 0 aliphatic carbocycles. The predicted octanol–water partition coefficient (Wildman–Crippen LogP) is 2.66. The molecule has 0 spiro atoms. The van der Waals surface area contributed by atoms with Crippen molar-refractivity contribution in [2.24, 2.45) is 5.73 Å². The molecular weight excluding hydrogens is 365 g/mol. The first-order chi connectivity index (χ1) is 11.8. The summed E-state index contributed by atoms with van der Waals surface area (Å²) >= 11 is 11.8. The monoisotopic (exact) mass is 379 g/mol. The van der Waals surface area contributed by atoms with Crippen LogP contribution in [-0.2, 0) is 16.1 Å². The minimum absolute atomic E-state index is 0.0720. The van der Waals surface area contributed by atoms with Crippen LogP contribution in [0.1, 0.15) is 21.5 Å². The number of nitrogens with one attached hydrogen (secondary N) is 2. The summed E-state index contributed by atoms with van der Waals surface area (Å²) < 4.78 is 0. The molecule has 4 N–H and O–H groups in total. The van der Waals surface area contributed by atoms with Crippen LogP contribution in [0.15, 0.2) is 36.4 Å². The Morgan fingerprint density at radius 2 is 1.76 bits per heavy atom. The molecule has 2 rings (SSSR count). The number of benzene rings is 2. The van der Waals surface area contributed by atoms with Gasteiger partial charge in [0, 0.05) is 27.8 Å². The molecule has 0 unspecified atom stereocenters. The van der Waals surface area contributed by atoms with E-state index >= 15 is 0 Å². The zero-order chi connectivity index (χ0) is 18.6. The van der Waals surface area contributed by atoms with Gasteiger partial charge in [0.25, 0.3) is 0 Å². The molecular formula is C17H15Cl2N3O3. The zero-order valence-electron chi connectivity index (χ0n) is 13.2. The quantitative estimate of drug-likeness (QED) is 0.711. The maximum Gasteiger partial charge on any atom is 0.313 e. The van der Waals surface area contributed by atoms with Crippen molar-refractivity contribution in [1.29, 1.82) is 0 Å². The Labute approximate surface area is 154 Å². The average Bonchev–Trinajstić information content (AvgIpc) is 2.55. The molecule has 8 heteroatoms. The number of anilines is 1. The van der Waals surface area contributed by atoms with Crippen LogP contribution < -0.4 is 16.4 Å². The second-order valence-electron chi connectivity index (χ2n) is 5.27. The first kappa shape index (κ1) is 18.8. The fourth-order valence-corrected chi connectivity index (χ4v) is 2.49. The highest BCUT2D eigenvalue weighted by atomic mass is 35.5. The molecule has 0 bridgehead atoms. The van der Waals surface area contributed by atoms with E-state index in [9.17, 15) is 14.4 Å². The van der Waals surface area contributed by atoms with Crippen LogP contribution in [0.3, 0.4) is 0 Å². The lowest BCUT2D eigenvalue weighted by Crippen LogP contribution is -2.35. The van der Waals surface area contributed by atoms with Crippen LogP contribution >= 0.6 is 23.2 Å². The van der Waals surface area contributed by atoms with Crippen LogP contribution in [0.25, 0.3) is 0 Å². The van der Waals surface area contributed by atoms with E-state index in [-0.39, 0.29) is 12.1 Å². The van der Waals surface area contributed by atoms with Gasteiger partial charge in [0.2, 0.25) is 5.91 Å². The number of aryl methyl sites for hydroxylation is 1. The van der Waals surface area contributed by atoms with Crippen molar-refractivity contribution in [2.45, 2.75) is 13.5 Å². The molecule has 2 aromatic carbocycles. The highest BCUT2D eigenvalue weighted by molar-refractivity contribution is 6.39. The van der Waals surface area contributed by atoms with Crippen LogP contribution in [0.4, 0.5) is 5.69 Å². The molecule has 0 heterocycles. The summed E-state index contributed by atoms with van der Waals surface area (Å²) in [5, 5.41) is 5.78. The third-order valence-corrected chi connectivity index (χ3v) is 4.02. The maximum absolute atomic E-state index is 12.0. The van der Waals surface area contributed by atoms with Gasteiger partial charge in [-0.15, -0.1) is 0 Å². The number of rotatable bonds is 4. The van der Waals surface area contributed by atoms with Crippen molar-refractivity contribution in [3.05, 3.63) is 63.1 Å². The topological polar surface area (TPSA) is 101 Å². The second-order valence-corrected chi connectivity index (χ2v) is 6.11. The van der Waals surface area contributed by atoms with E-state index in [2.05, 4.69) is 10.6 Å². The molecule has 6 nitrogen and oxygen atoms in total. The third kappa shape index (κ3) is 4.95. The molecule has 25 heavy (non-hydrogen) atoms. The Morgan fingerprint density at radius 3 is 2.40 bits per heavy atom. The first-order valence-corrected chi connectivity index (χ1v) is 7.97. The predicted molar refractivity (Wildman–Crippen MR) is 96.6 cm³/mol. The van der Waals surface area contributed by atoms with Gasteiger partial charge >= 0.3 is 11.8 Å². The minimum Gasteiger partial charge on any atom is -0.366 e. The van der Waals surface area contributed by atoms with E-state index in [4.69, 9.17) is 28.9 Å². The summed E-state index contributed by atoms with van der Waals surface area (Å²) in [7, 11) is 0. The molecule has 0 aliphatic heterocycles. The Bertz CT molecular complexity index is 853. The first-order valence-electron chi connectivity index (χ1n) is 7.21. The number of nitrogens with two attached hydrogens (primary N) is 1. The fraction of sp³-hybridized carbons (Fsp3) is 0.118. The van der Waals surface area contributed by atoms with Crippen LogP contribution in [0.5, 0.6) is 0 Å². The number of hydrogen-bond donors (Lipinski definition) is 3. The number of carbonyl (C=O) groups is 3. The molecule has 0 saturated heterocycles. The normalized spacial score (nSPS) is 10.2. The van der Waals surface area contributed by atoms with Crippen molar-refractivity contribution in [1.82, 2.24) is 5.32 Å². The molecule has 0 radical (unpaired) electrons. The highest BCUT2D eigenvalue weighted by Crippen LogP contribution is 2.21. The second kappa shape index (κ2) is 8.00. The number of amides is 3. The lowest BCUT2D eigenvalue weighted by molar-refractivity contribution is -0.136. The fourth-order valence-electron chi connectivity index (χ4n) is 2.01. The van der Waals surface area contributed by atoms with Gasteiger partial charge in [0.05, 0.1) is 0 Å². The van der Waals surface area contributed by atoms with E-state index in [0.29, 0.717) is 26.9 Å². The molecule has 0 saturated carbocycles. The standard InChI is InChI=1S/C17H15Cl2N3O3/c1-9-2-3-10(15(20)23)6-14(9)22-17(25)16(24)21-8-11-4-5-12(18)7-13(11)19/h2-7H,8H2,1H3,(H2,20,23)(H,21,24)(H,22,25). The van der Waals surface area contributed by atoms with Crippen molar-refractivity contribution < 1.29 is 14.4 Å². The van der Waals surface area contributed by atoms with Gasteiger partial charge in [-0.25, -0.2) is 0 Å². The lowest BCUT2D eigenvalue weighted by Gasteiger charge is -2.10. The summed E-state index contributed by atoms with van der Waals surface area (Å²) in [6.07, 6.45) is 0. The van der Waals surface area contributed by atoms with Gasteiger partial charge in [-0.3, -0.25) is 14.4 Å². The minimum atomic E-state index is -0.866. The molecule has 0 aliphatic rings. The molecule has 2 aromatic rings. The largest absolute Gasteiger partial charge is 0.366 e. The van der Waals surface area contributed by atoms with Gasteiger partial charge < -0.3 is 16.4 Å². The molecule has 3 amide bonds. The van der Waals surface area contributed by atoms with E-state index in [1.165, 1.54) is 12.1 Å². The Balaban J connectivity index is 2.02. The Morgan fingerprint density at radius 1 is 1.04 bits per heavy atom. The smallest absolute Gasteiger partial charge is 0.313 e. The summed E-state index contributed by atoms with van der Waals surface area (Å²) in [5.41, 5.74) is 7.08. The van der Waals surface area contributed by atoms with Gasteiger partial charge in [-0.2, -0.15) is 0 Å². The van der Waals surface area contributed by atoms with Gasteiger partial charge in [0.1, 0.15) is 0 Å². The molecule has 0 aromatic heterocycles. The van der Waals surface area contributed by atoms with E-state index in [1.807, 2.05) is 0 Å². The van der Waals surface area contributed by atoms with Crippen molar-refractivity contribution in [3.8, 4) is 0 Å². The number of hydrogen-bond acceptors (Lipinski definition) is 3. The Kier molecular flexibility index (Phi) is 6.01. The molecule has 0 fully saturated rings. The molecule has 130 valence electrons. The summed E-state index contributed by atoms with van der Waals surface area (Å²) in [5.74, 6) is -2.33. The number of carbonyl (C=O) groups excluding carboxylic acids is 3. The summed E-state index contributed by atoms with van der Waals surface area (Å²) in [6.45, 7) is 1.80. The number of halogens is 2. The average molecular weight is 380 g/mol.